The van der Waals surface area contributed by atoms with Crippen LogP contribution in [0.5, 0.6) is 0 Å². The lowest BCUT2D eigenvalue weighted by Crippen LogP contribution is -2.13. The standard InChI is InChI=1S/C13H12N4O5S/c1-8(18)14-13-11-6-23(21,22)7-12(11)15-16(13)9-2-4-10(5-3-9)17(19)20/h2-5H,6-7H2,1H3,(H,14,18). The first-order valence-electron chi connectivity index (χ1n) is 6.60. The minimum Gasteiger partial charge on any atom is -0.311 e. The maximum Gasteiger partial charge on any atom is 0.269 e. The van der Waals surface area contributed by atoms with Crippen molar-refractivity contribution in [3.8, 4) is 5.69 Å². The van der Waals surface area contributed by atoms with Crippen molar-refractivity contribution in [1.82, 2.24) is 9.78 Å². The van der Waals surface area contributed by atoms with Gasteiger partial charge in [-0.3, -0.25) is 14.9 Å². The van der Waals surface area contributed by atoms with E-state index in [0.717, 1.165) is 0 Å². The van der Waals surface area contributed by atoms with Gasteiger partial charge in [0, 0.05) is 24.6 Å². The summed E-state index contributed by atoms with van der Waals surface area (Å²) in [4.78, 5) is 21.6. The minimum atomic E-state index is -3.25. The number of carbonyl (C=O) groups excluding carboxylic acids is 1. The maximum atomic E-state index is 11.7. The molecule has 0 radical (unpaired) electrons. The van der Waals surface area contributed by atoms with Crippen LogP contribution in [-0.2, 0) is 26.1 Å². The Balaban J connectivity index is 2.09. The summed E-state index contributed by atoms with van der Waals surface area (Å²) in [6.45, 7) is 1.31. The SMILES string of the molecule is CC(=O)Nc1c2c(nn1-c1ccc([N+](=O)[O-])cc1)CS(=O)(=O)C2. The minimum absolute atomic E-state index is 0.0721. The van der Waals surface area contributed by atoms with E-state index in [-0.39, 0.29) is 28.9 Å². The lowest BCUT2D eigenvalue weighted by molar-refractivity contribution is -0.384. The maximum absolute atomic E-state index is 11.7. The molecule has 1 aliphatic heterocycles. The van der Waals surface area contributed by atoms with Crippen molar-refractivity contribution < 1.29 is 18.1 Å². The number of nitro benzene ring substituents is 1. The number of hydrogen-bond acceptors (Lipinski definition) is 6. The van der Waals surface area contributed by atoms with E-state index in [0.29, 0.717) is 16.9 Å². The molecular formula is C13H12N4O5S. The van der Waals surface area contributed by atoms with Gasteiger partial charge in [-0.05, 0) is 12.1 Å². The molecule has 2 aromatic rings. The number of nitrogens with zero attached hydrogens (tertiary/aromatic N) is 3. The first-order chi connectivity index (χ1) is 10.8. The number of rotatable bonds is 3. The zero-order chi connectivity index (χ0) is 16.8. The molecule has 1 amide bonds. The zero-order valence-electron chi connectivity index (χ0n) is 12.0. The summed E-state index contributed by atoms with van der Waals surface area (Å²) in [5.74, 6) is -0.456. The summed E-state index contributed by atoms with van der Waals surface area (Å²) in [7, 11) is -3.25. The van der Waals surface area contributed by atoms with Crippen molar-refractivity contribution in [3.05, 3.63) is 45.6 Å². The summed E-state index contributed by atoms with van der Waals surface area (Å²) >= 11 is 0. The Kier molecular flexibility index (Phi) is 3.40. The van der Waals surface area contributed by atoms with E-state index >= 15 is 0 Å². The zero-order valence-corrected chi connectivity index (χ0v) is 12.8. The highest BCUT2D eigenvalue weighted by Crippen LogP contribution is 2.33. The number of nitro groups is 1. The van der Waals surface area contributed by atoms with Crippen molar-refractivity contribution in [1.29, 1.82) is 0 Å². The predicted octanol–water partition coefficient (Wildman–Crippen LogP) is 1.17. The molecule has 1 aliphatic rings. The second-order valence-corrected chi connectivity index (χ2v) is 7.24. The van der Waals surface area contributed by atoms with Gasteiger partial charge < -0.3 is 5.32 Å². The molecule has 2 heterocycles. The molecular weight excluding hydrogens is 324 g/mol. The Morgan fingerprint density at radius 2 is 1.96 bits per heavy atom. The van der Waals surface area contributed by atoms with E-state index in [1.54, 1.807) is 0 Å². The van der Waals surface area contributed by atoms with Gasteiger partial charge in [-0.1, -0.05) is 0 Å². The van der Waals surface area contributed by atoms with Crippen LogP contribution in [0.1, 0.15) is 18.2 Å². The van der Waals surface area contributed by atoms with Crippen LogP contribution in [-0.4, -0.2) is 29.0 Å². The van der Waals surface area contributed by atoms with Crippen LogP contribution in [0.2, 0.25) is 0 Å². The fourth-order valence-corrected chi connectivity index (χ4v) is 3.93. The monoisotopic (exact) mass is 336 g/mol. The topological polar surface area (TPSA) is 124 Å². The number of sulfone groups is 1. The Hall–Kier alpha value is -2.75. The molecule has 0 unspecified atom stereocenters. The van der Waals surface area contributed by atoms with Crippen molar-refractivity contribution in [2.75, 3.05) is 5.32 Å². The van der Waals surface area contributed by atoms with Crippen molar-refractivity contribution in [2.45, 2.75) is 18.4 Å². The number of nitrogens with one attached hydrogen (secondary N) is 1. The number of fused-ring (bicyclic) bond motifs is 1. The van der Waals surface area contributed by atoms with Gasteiger partial charge in [0.05, 0.1) is 27.8 Å². The summed E-state index contributed by atoms with van der Waals surface area (Å²) in [5.41, 5.74) is 1.26. The third kappa shape index (κ3) is 2.80. The largest absolute Gasteiger partial charge is 0.311 e. The van der Waals surface area contributed by atoms with Gasteiger partial charge in [-0.2, -0.15) is 5.10 Å². The van der Waals surface area contributed by atoms with Crippen molar-refractivity contribution in [2.24, 2.45) is 0 Å². The van der Waals surface area contributed by atoms with Crippen LogP contribution in [0.3, 0.4) is 0 Å². The fourth-order valence-electron chi connectivity index (χ4n) is 2.44. The highest BCUT2D eigenvalue weighted by atomic mass is 32.2. The van der Waals surface area contributed by atoms with Gasteiger partial charge in [-0.15, -0.1) is 0 Å². The van der Waals surface area contributed by atoms with E-state index < -0.39 is 14.8 Å². The molecule has 0 atom stereocenters. The Labute approximate surface area is 131 Å². The van der Waals surface area contributed by atoms with E-state index in [4.69, 9.17) is 0 Å². The van der Waals surface area contributed by atoms with Crippen molar-refractivity contribution in [3.63, 3.8) is 0 Å². The van der Waals surface area contributed by atoms with E-state index in [1.807, 2.05) is 0 Å². The summed E-state index contributed by atoms with van der Waals surface area (Å²) in [6, 6.07) is 5.60. The van der Waals surface area contributed by atoms with Crippen LogP contribution in [0.15, 0.2) is 24.3 Å². The molecule has 9 nitrogen and oxygen atoms in total. The normalized spacial score (nSPS) is 15.2. The molecule has 3 rings (SSSR count). The van der Waals surface area contributed by atoms with Crippen LogP contribution in [0.25, 0.3) is 5.69 Å². The Morgan fingerprint density at radius 3 is 2.52 bits per heavy atom. The van der Waals surface area contributed by atoms with Gasteiger partial charge in [0.2, 0.25) is 5.91 Å². The lowest BCUT2D eigenvalue weighted by atomic mass is 10.2. The third-order valence-electron chi connectivity index (χ3n) is 3.39. The molecule has 0 spiro atoms. The molecule has 1 aromatic heterocycles. The number of non-ortho nitro benzene ring substituents is 1. The number of anilines is 1. The number of carbonyl (C=O) groups is 1. The van der Waals surface area contributed by atoms with E-state index in [1.165, 1.54) is 35.9 Å². The van der Waals surface area contributed by atoms with E-state index in [2.05, 4.69) is 10.4 Å². The molecule has 0 saturated heterocycles. The average Bonchev–Trinajstić information content (AvgIpc) is 2.92. The third-order valence-corrected chi connectivity index (χ3v) is 4.83. The molecule has 0 saturated carbocycles. The van der Waals surface area contributed by atoms with Crippen LogP contribution in [0, 0.1) is 10.1 Å². The van der Waals surface area contributed by atoms with Gasteiger partial charge >= 0.3 is 0 Å². The summed E-state index contributed by atoms with van der Waals surface area (Å²) < 4.78 is 24.8. The van der Waals surface area contributed by atoms with E-state index in [9.17, 15) is 23.3 Å². The molecule has 0 fully saturated rings. The molecule has 1 N–H and O–H groups in total. The molecule has 120 valence electrons. The summed E-state index contributed by atoms with van der Waals surface area (Å²) in [5, 5.41) is 17.5. The highest BCUT2D eigenvalue weighted by Gasteiger charge is 2.32. The van der Waals surface area contributed by atoms with Gasteiger partial charge in [0.25, 0.3) is 5.69 Å². The fraction of sp³-hybridized carbons (Fsp3) is 0.231. The Bertz CT molecular complexity index is 915. The summed E-state index contributed by atoms with van der Waals surface area (Å²) in [6.07, 6.45) is 0. The number of benzene rings is 1. The average molecular weight is 336 g/mol. The van der Waals surface area contributed by atoms with Crippen LogP contribution < -0.4 is 5.32 Å². The second kappa shape index (κ2) is 5.16. The first kappa shape index (κ1) is 15.2. The van der Waals surface area contributed by atoms with Gasteiger partial charge in [0.1, 0.15) is 5.82 Å². The van der Waals surface area contributed by atoms with Crippen LogP contribution in [0.4, 0.5) is 11.5 Å². The quantitative estimate of drug-likeness (QED) is 0.662. The number of hydrogen-bond donors (Lipinski definition) is 1. The van der Waals surface area contributed by atoms with Crippen LogP contribution >= 0.6 is 0 Å². The van der Waals surface area contributed by atoms with Crippen molar-refractivity contribution >= 4 is 27.2 Å². The molecule has 0 aliphatic carbocycles. The number of amides is 1. The lowest BCUT2D eigenvalue weighted by Gasteiger charge is -2.09. The molecule has 1 aromatic carbocycles. The smallest absolute Gasteiger partial charge is 0.269 e. The van der Waals surface area contributed by atoms with Gasteiger partial charge in [-0.25, -0.2) is 13.1 Å². The second-order valence-electron chi connectivity index (χ2n) is 5.17. The first-order valence-corrected chi connectivity index (χ1v) is 8.42. The molecule has 10 heteroatoms. The molecule has 23 heavy (non-hydrogen) atoms. The van der Waals surface area contributed by atoms with Gasteiger partial charge in [0.15, 0.2) is 9.84 Å². The Morgan fingerprint density at radius 1 is 1.30 bits per heavy atom. The number of aromatic nitrogens is 2. The molecule has 0 bridgehead atoms. The highest BCUT2D eigenvalue weighted by molar-refractivity contribution is 7.90. The predicted molar refractivity (Wildman–Crippen MR) is 80.8 cm³/mol.